The van der Waals surface area contributed by atoms with Gasteiger partial charge in [-0.25, -0.2) is 4.98 Å². The number of benzene rings is 2. The summed E-state index contributed by atoms with van der Waals surface area (Å²) in [6, 6.07) is 11.1. The van der Waals surface area contributed by atoms with Crippen LogP contribution in [0.1, 0.15) is 5.56 Å². The van der Waals surface area contributed by atoms with E-state index in [2.05, 4.69) is 4.98 Å². The quantitative estimate of drug-likeness (QED) is 0.670. The van der Waals surface area contributed by atoms with Crippen molar-refractivity contribution >= 4 is 28.4 Å². The van der Waals surface area contributed by atoms with E-state index in [1.807, 2.05) is 43.3 Å². The van der Waals surface area contributed by atoms with E-state index in [0.29, 0.717) is 22.2 Å². The SMILES string of the molecule is Cc1ccc(Cl)c2oc(-c3ccc(N)cc3)nc12. The molecule has 0 amide bonds. The standard InChI is InChI=1S/C14H11ClN2O/c1-8-2-7-11(15)13-12(8)17-14(18-13)9-3-5-10(16)6-4-9/h2-7H,16H2,1H3. The van der Waals surface area contributed by atoms with E-state index in [1.54, 1.807) is 0 Å². The summed E-state index contributed by atoms with van der Waals surface area (Å²) in [5.74, 6) is 0.557. The number of aryl methyl sites for hydroxylation is 1. The van der Waals surface area contributed by atoms with Crippen LogP contribution in [-0.2, 0) is 0 Å². The molecule has 3 rings (SSSR count). The number of halogens is 1. The number of nitrogen functional groups attached to an aromatic ring is 1. The number of aromatic nitrogens is 1. The normalized spacial score (nSPS) is 11.0. The molecule has 3 nitrogen and oxygen atoms in total. The Balaban J connectivity index is 2.22. The lowest BCUT2D eigenvalue weighted by atomic mass is 10.2. The molecule has 0 unspecified atom stereocenters. The second-order valence-corrected chi connectivity index (χ2v) is 4.59. The van der Waals surface area contributed by atoms with Gasteiger partial charge >= 0.3 is 0 Å². The van der Waals surface area contributed by atoms with Crippen LogP contribution in [0.4, 0.5) is 5.69 Å². The van der Waals surface area contributed by atoms with Crippen molar-refractivity contribution in [2.24, 2.45) is 0 Å². The minimum Gasteiger partial charge on any atom is -0.435 e. The molecule has 3 aromatic rings. The maximum Gasteiger partial charge on any atom is 0.227 e. The van der Waals surface area contributed by atoms with Gasteiger partial charge in [0.25, 0.3) is 0 Å². The van der Waals surface area contributed by atoms with E-state index in [1.165, 1.54) is 0 Å². The van der Waals surface area contributed by atoms with Gasteiger partial charge in [0.2, 0.25) is 5.89 Å². The van der Waals surface area contributed by atoms with Crippen molar-refractivity contribution in [3.63, 3.8) is 0 Å². The van der Waals surface area contributed by atoms with Gasteiger partial charge in [-0.05, 0) is 42.8 Å². The molecular weight excluding hydrogens is 248 g/mol. The van der Waals surface area contributed by atoms with Crippen molar-refractivity contribution in [3.8, 4) is 11.5 Å². The number of rotatable bonds is 1. The number of nitrogens with two attached hydrogens (primary N) is 1. The number of anilines is 1. The number of nitrogens with zero attached hydrogens (tertiary/aromatic N) is 1. The molecule has 2 aromatic carbocycles. The zero-order chi connectivity index (χ0) is 12.7. The molecule has 0 bridgehead atoms. The lowest BCUT2D eigenvalue weighted by Crippen LogP contribution is -1.83. The van der Waals surface area contributed by atoms with Crippen LogP contribution in [0, 0.1) is 6.92 Å². The Hall–Kier alpha value is -2.00. The molecule has 0 saturated heterocycles. The highest BCUT2D eigenvalue weighted by Crippen LogP contribution is 2.31. The predicted octanol–water partition coefficient (Wildman–Crippen LogP) is 4.04. The molecule has 0 fully saturated rings. The monoisotopic (exact) mass is 258 g/mol. The third-order valence-corrected chi connectivity index (χ3v) is 3.15. The van der Waals surface area contributed by atoms with E-state index in [9.17, 15) is 0 Å². The van der Waals surface area contributed by atoms with Crippen LogP contribution >= 0.6 is 11.6 Å². The number of hydrogen-bond donors (Lipinski definition) is 1. The third kappa shape index (κ3) is 1.73. The molecule has 0 radical (unpaired) electrons. The second-order valence-electron chi connectivity index (χ2n) is 4.18. The smallest absolute Gasteiger partial charge is 0.227 e. The summed E-state index contributed by atoms with van der Waals surface area (Å²) in [5, 5.41) is 0.574. The summed E-state index contributed by atoms with van der Waals surface area (Å²) >= 11 is 6.10. The fourth-order valence-electron chi connectivity index (χ4n) is 1.85. The first-order chi connectivity index (χ1) is 8.65. The van der Waals surface area contributed by atoms with Gasteiger partial charge in [-0.1, -0.05) is 17.7 Å². The number of oxazole rings is 1. The Labute approximate surface area is 109 Å². The van der Waals surface area contributed by atoms with Gasteiger partial charge in [0.15, 0.2) is 5.58 Å². The fourth-order valence-corrected chi connectivity index (χ4v) is 2.04. The Bertz CT molecular complexity index is 677. The number of hydrogen-bond acceptors (Lipinski definition) is 3. The van der Waals surface area contributed by atoms with Gasteiger partial charge in [0, 0.05) is 11.3 Å². The van der Waals surface area contributed by atoms with E-state index < -0.39 is 0 Å². The molecule has 0 spiro atoms. The van der Waals surface area contributed by atoms with E-state index in [-0.39, 0.29) is 0 Å². The molecule has 1 heterocycles. The maximum atomic E-state index is 6.10. The molecule has 0 aliphatic heterocycles. The second kappa shape index (κ2) is 4.03. The summed E-state index contributed by atoms with van der Waals surface area (Å²) in [5.41, 5.74) is 9.72. The fraction of sp³-hybridized carbons (Fsp3) is 0.0714. The first-order valence-electron chi connectivity index (χ1n) is 5.57. The molecule has 0 aliphatic rings. The summed E-state index contributed by atoms with van der Waals surface area (Å²) in [7, 11) is 0. The molecule has 0 aliphatic carbocycles. The molecular formula is C14H11ClN2O. The highest BCUT2D eigenvalue weighted by Gasteiger charge is 2.12. The van der Waals surface area contributed by atoms with Crippen molar-refractivity contribution in [1.82, 2.24) is 4.98 Å². The van der Waals surface area contributed by atoms with Gasteiger partial charge in [-0.2, -0.15) is 0 Å². The molecule has 2 N–H and O–H groups in total. The van der Waals surface area contributed by atoms with Gasteiger partial charge in [0.1, 0.15) is 5.52 Å². The van der Waals surface area contributed by atoms with Crippen LogP contribution in [0.3, 0.4) is 0 Å². The van der Waals surface area contributed by atoms with Crippen LogP contribution in [-0.4, -0.2) is 4.98 Å². The summed E-state index contributed by atoms with van der Waals surface area (Å²) in [6.07, 6.45) is 0. The van der Waals surface area contributed by atoms with E-state index in [4.69, 9.17) is 21.8 Å². The largest absolute Gasteiger partial charge is 0.435 e. The van der Waals surface area contributed by atoms with Crippen molar-refractivity contribution < 1.29 is 4.42 Å². The lowest BCUT2D eigenvalue weighted by molar-refractivity contribution is 0.620. The zero-order valence-corrected chi connectivity index (χ0v) is 10.5. The first-order valence-corrected chi connectivity index (χ1v) is 5.94. The Morgan fingerprint density at radius 2 is 1.83 bits per heavy atom. The first kappa shape index (κ1) is 11.1. The molecule has 90 valence electrons. The number of fused-ring (bicyclic) bond motifs is 1. The van der Waals surface area contributed by atoms with Crippen molar-refractivity contribution in [2.45, 2.75) is 6.92 Å². The average Bonchev–Trinajstić information content (AvgIpc) is 2.81. The Morgan fingerprint density at radius 3 is 2.50 bits per heavy atom. The van der Waals surface area contributed by atoms with Gasteiger partial charge in [-0.15, -0.1) is 0 Å². The summed E-state index contributed by atoms with van der Waals surface area (Å²) in [6.45, 7) is 1.98. The average molecular weight is 259 g/mol. The van der Waals surface area contributed by atoms with Crippen LogP contribution < -0.4 is 5.73 Å². The van der Waals surface area contributed by atoms with Crippen LogP contribution in [0.15, 0.2) is 40.8 Å². The molecule has 1 aromatic heterocycles. The lowest BCUT2D eigenvalue weighted by Gasteiger charge is -1.95. The predicted molar refractivity (Wildman–Crippen MR) is 73.6 cm³/mol. The van der Waals surface area contributed by atoms with Crippen LogP contribution in [0.25, 0.3) is 22.6 Å². The third-order valence-electron chi connectivity index (χ3n) is 2.85. The van der Waals surface area contributed by atoms with Crippen LogP contribution in [0.5, 0.6) is 0 Å². The highest BCUT2D eigenvalue weighted by molar-refractivity contribution is 6.34. The van der Waals surface area contributed by atoms with Gasteiger partial charge in [0.05, 0.1) is 5.02 Å². The Kier molecular flexibility index (Phi) is 2.49. The van der Waals surface area contributed by atoms with Crippen molar-refractivity contribution in [3.05, 3.63) is 47.0 Å². The van der Waals surface area contributed by atoms with E-state index >= 15 is 0 Å². The van der Waals surface area contributed by atoms with E-state index in [0.717, 1.165) is 16.6 Å². The summed E-state index contributed by atoms with van der Waals surface area (Å²) < 4.78 is 5.72. The summed E-state index contributed by atoms with van der Waals surface area (Å²) in [4.78, 5) is 4.48. The minimum absolute atomic E-state index is 0.557. The topological polar surface area (TPSA) is 52.0 Å². The zero-order valence-electron chi connectivity index (χ0n) is 9.77. The van der Waals surface area contributed by atoms with Gasteiger partial charge < -0.3 is 10.2 Å². The minimum atomic E-state index is 0.557. The maximum absolute atomic E-state index is 6.10. The molecule has 0 saturated carbocycles. The van der Waals surface area contributed by atoms with Crippen LogP contribution in [0.2, 0.25) is 5.02 Å². The van der Waals surface area contributed by atoms with Crippen molar-refractivity contribution in [1.29, 1.82) is 0 Å². The van der Waals surface area contributed by atoms with Crippen molar-refractivity contribution in [2.75, 3.05) is 5.73 Å². The van der Waals surface area contributed by atoms with Gasteiger partial charge in [-0.3, -0.25) is 0 Å². The molecule has 4 heteroatoms. The highest BCUT2D eigenvalue weighted by atomic mass is 35.5. The molecule has 0 atom stereocenters. The molecule has 18 heavy (non-hydrogen) atoms. The Morgan fingerprint density at radius 1 is 1.11 bits per heavy atom.